The van der Waals surface area contributed by atoms with Crippen LogP contribution in [0.4, 0.5) is 5.69 Å². The van der Waals surface area contributed by atoms with Crippen molar-refractivity contribution in [3.05, 3.63) is 29.8 Å². The lowest BCUT2D eigenvalue weighted by molar-refractivity contribution is -0.137. The molecule has 2 amide bonds. The zero-order valence-electron chi connectivity index (χ0n) is 15.0. The molecule has 6 heteroatoms. The molecule has 2 N–H and O–H groups in total. The van der Waals surface area contributed by atoms with Crippen LogP contribution in [0.25, 0.3) is 0 Å². The number of benzene rings is 1. The molecule has 1 aromatic carbocycles. The molecule has 2 fully saturated rings. The minimum atomic E-state index is -0.0903. The molecule has 0 aliphatic carbocycles. The Morgan fingerprint density at radius 3 is 2.16 bits per heavy atom. The number of nitrogens with zero attached hydrogens (tertiary/aromatic N) is 3. The third kappa shape index (κ3) is 4.31. The third-order valence-corrected chi connectivity index (χ3v) is 5.32. The van der Waals surface area contributed by atoms with Gasteiger partial charge >= 0.3 is 0 Å². The summed E-state index contributed by atoms with van der Waals surface area (Å²) in [5.41, 5.74) is 7.38. The van der Waals surface area contributed by atoms with Gasteiger partial charge in [0.2, 0.25) is 11.8 Å². The van der Waals surface area contributed by atoms with Gasteiger partial charge in [-0.15, -0.1) is 0 Å². The predicted molar refractivity (Wildman–Crippen MR) is 98.0 cm³/mol. The summed E-state index contributed by atoms with van der Waals surface area (Å²) in [7, 11) is 0. The minimum Gasteiger partial charge on any atom is -0.399 e. The van der Waals surface area contributed by atoms with Gasteiger partial charge in [0.25, 0.3) is 0 Å². The highest BCUT2D eigenvalue weighted by Crippen LogP contribution is 2.15. The summed E-state index contributed by atoms with van der Waals surface area (Å²) in [6, 6.07) is 7.37. The molecule has 0 radical (unpaired) electrons. The number of nitrogens with two attached hydrogens (primary N) is 1. The van der Waals surface area contributed by atoms with Gasteiger partial charge in [-0.3, -0.25) is 14.5 Å². The molecule has 0 bridgehead atoms. The number of rotatable bonds is 4. The molecule has 2 saturated heterocycles. The SMILES string of the molecule is CC(C(=O)N1CCCC1)N1CCN(C(=O)Cc2ccc(N)cc2)CC1. The second-order valence-corrected chi connectivity index (χ2v) is 7.04. The van der Waals surface area contributed by atoms with Crippen LogP contribution >= 0.6 is 0 Å². The zero-order chi connectivity index (χ0) is 17.8. The van der Waals surface area contributed by atoms with E-state index < -0.39 is 0 Å². The van der Waals surface area contributed by atoms with Crippen LogP contribution in [0, 0.1) is 0 Å². The molecule has 6 nitrogen and oxygen atoms in total. The molecular weight excluding hydrogens is 316 g/mol. The molecule has 0 aromatic heterocycles. The van der Waals surface area contributed by atoms with E-state index in [4.69, 9.17) is 5.73 Å². The lowest BCUT2D eigenvalue weighted by Gasteiger charge is -2.38. The molecule has 136 valence electrons. The summed E-state index contributed by atoms with van der Waals surface area (Å²) in [5, 5.41) is 0. The Balaban J connectivity index is 1.48. The summed E-state index contributed by atoms with van der Waals surface area (Å²) < 4.78 is 0. The van der Waals surface area contributed by atoms with Crippen LogP contribution in [0.15, 0.2) is 24.3 Å². The Labute approximate surface area is 149 Å². The molecule has 0 spiro atoms. The highest BCUT2D eigenvalue weighted by atomic mass is 16.2. The number of likely N-dealkylation sites (tertiary alicyclic amines) is 1. The largest absolute Gasteiger partial charge is 0.399 e. The van der Waals surface area contributed by atoms with Crippen molar-refractivity contribution < 1.29 is 9.59 Å². The molecule has 2 aliphatic heterocycles. The Kier molecular flexibility index (Phi) is 5.58. The summed E-state index contributed by atoms with van der Waals surface area (Å²) in [5.74, 6) is 0.377. The number of carbonyl (C=O) groups is 2. The van der Waals surface area contributed by atoms with Gasteiger partial charge in [-0.2, -0.15) is 0 Å². The molecule has 2 heterocycles. The number of anilines is 1. The first kappa shape index (κ1) is 17.7. The fourth-order valence-corrected chi connectivity index (χ4v) is 3.64. The standard InChI is InChI=1S/C19H28N4O2/c1-15(19(25)23-8-2-3-9-23)21-10-12-22(13-11-21)18(24)14-16-4-6-17(20)7-5-16/h4-7,15H,2-3,8-14,20H2,1H3. The molecule has 1 unspecified atom stereocenters. The number of carbonyl (C=O) groups excluding carboxylic acids is 2. The topological polar surface area (TPSA) is 69.9 Å². The van der Waals surface area contributed by atoms with Gasteiger partial charge < -0.3 is 15.5 Å². The maximum Gasteiger partial charge on any atom is 0.239 e. The van der Waals surface area contributed by atoms with Crippen molar-refractivity contribution in [2.45, 2.75) is 32.2 Å². The summed E-state index contributed by atoms with van der Waals surface area (Å²) >= 11 is 0. The van der Waals surface area contributed by atoms with Crippen LogP contribution in [-0.2, 0) is 16.0 Å². The Bertz CT molecular complexity index is 602. The summed E-state index contributed by atoms with van der Waals surface area (Å²) in [4.78, 5) is 31.1. The quantitative estimate of drug-likeness (QED) is 0.826. The highest BCUT2D eigenvalue weighted by molar-refractivity contribution is 5.82. The van der Waals surface area contributed by atoms with Gasteiger partial charge in [0.15, 0.2) is 0 Å². The van der Waals surface area contributed by atoms with Crippen molar-refractivity contribution >= 4 is 17.5 Å². The number of hydrogen-bond donors (Lipinski definition) is 1. The van der Waals surface area contributed by atoms with Crippen LogP contribution in [0.3, 0.4) is 0 Å². The van der Waals surface area contributed by atoms with Crippen molar-refractivity contribution in [3.63, 3.8) is 0 Å². The molecule has 2 aliphatic rings. The number of piperazine rings is 1. The van der Waals surface area contributed by atoms with Gasteiger partial charge in [0.1, 0.15) is 0 Å². The van der Waals surface area contributed by atoms with E-state index in [1.807, 2.05) is 41.0 Å². The second kappa shape index (κ2) is 7.87. The van der Waals surface area contributed by atoms with E-state index in [1.165, 1.54) is 0 Å². The number of nitrogen functional groups attached to an aromatic ring is 1. The van der Waals surface area contributed by atoms with E-state index in [2.05, 4.69) is 4.90 Å². The Morgan fingerprint density at radius 1 is 0.960 bits per heavy atom. The van der Waals surface area contributed by atoms with E-state index in [0.29, 0.717) is 25.2 Å². The van der Waals surface area contributed by atoms with E-state index >= 15 is 0 Å². The first-order valence-electron chi connectivity index (χ1n) is 9.19. The Morgan fingerprint density at radius 2 is 1.56 bits per heavy atom. The van der Waals surface area contributed by atoms with Crippen LogP contribution in [0.2, 0.25) is 0 Å². The predicted octanol–water partition coefficient (Wildman–Crippen LogP) is 0.966. The fourth-order valence-electron chi connectivity index (χ4n) is 3.64. The van der Waals surface area contributed by atoms with Crippen LogP contribution in [0.5, 0.6) is 0 Å². The monoisotopic (exact) mass is 344 g/mol. The molecule has 3 rings (SSSR count). The van der Waals surface area contributed by atoms with Gasteiger partial charge in [0, 0.05) is 45.0 Å². The maximum atomic E-state index is 12.5. The van der Waals surface area contributed by atoms with E-state index in [1.54, 1.807) is 0 Å². The fraction of sp³-hybridized carbons (Fsp3) is 0.579. The van der Waals surface area contributed by atoms with Crippen molar-refractivity contribution in [1.82, 2.24) is 14.7 Å². The van der Waals surface area contributed by atoms with Crippen LogP contribution < -0.4 is 5.73 Å². The maximum absolute atomic E-state index is 12.5. The highest BCUT2D eigenvalue weighted by Gasteiger charge is 2.30. The number of amides is 2. The van der Waals surface area contributed by atoms with Crippen molar-refractivity contribution in [1.29, 1.82) is 0 Å². The van der Waals surface area contributed by atoms with Crippen LogP contribution in [-0.4, -0.2) is 71.8 Å². The molecule has 0 saturated carbocycles. The van der Waals surface area contributed by atoms with Gasteiger partial charge in [-0.1, -0.05) is 12.1 Å². The second-order valence-electron chi connectivity index (χ2n) is 7.04. The van der Waals surface area contributed by atoms with E-state index in [9.17, 15) is 9.59 Å². The molecule has 1 aromatic rings. The van der Waals surface area contributed by atoms with Crippen molar-refractivity contribution in [3.8, 4) is 0 Å². The molecule has 25 heavy (non-hydrogen) atoms. The van der Waals surface area contributed by atoms with Crippen molar-refractivity contribution in [2.75, 3.05) is 45.0 Å². The summed E-state index contributed by atoms with van der Waals surface area (Å²) in [6.45, 7) is 6.66. The summed E-state index contributed by atoms with van der Waals surface area (Å²) in [6.07, 6.45) is 2.64. The van der Waals surface area contributed by atoms with Gasteiger partial charge in [-0.05, 0) is 37.5 Å². The first-order chi connectivity index (χ1) is 12.0. The lowest BCUT2D eigenvalue weighted by Crippen LogP contribution is -2.55. The van der Waals surface area contributed by atoms with E-state index in [0.717, 1.165) is 44.6 Å². The average Bonchev–Trinajstić information content (AvgIpc) is 3.17. The number of hydrogen-bond acceptors (Lipinski definition) is 4. The van der Waals surface area contributed by atoms with Crippen LogP contribution in [0.1, 0.15) is 25.3 Å². The zero-order valence-corrected chi connectivity index (χ0v) is 15.0. The van der Waals surface area contributed by atoms with Crippen molar-refractivity contribution in [2.24, 2.45) is 0 Å². The molecular formula is C19H28N4O2. The molecule has 1 atom stereocenters. The Hall–Kier alpha value is -2.08. The minimum absolute atomic E-state index is 0.0903. The van der Waals surface area contributed by atoms with Gasteiger partial charge in [-0.25, -0.2) is 0 Å². The lowest BCUT2D eigenvalue weighted by atomic mass is 10.1. The average molecular weight is 344 g/mol. The van der Waals surface area contributed by atoms with Gasteiger partial charge in [0.05, 0.1) is 12.5 Å². The first-order valence-corrected chi connectivity index (χ1v) is 9.19. The smallest absolute Gasteiger partial charge is 0.239 e. The van der Waals surface area contributed by atoms with E-state index in [-0.39, 0.29) is 17.9 Å². The normalized spacial score (nSPS) is 19.9. The third-order valence-electron chi connectivity index (χ3n) is 5.32.